The van der Waals surface area contributed by atoms with Crippen molar-refractivity contribution in [3.8, 4) is 11.3 Å². The van der Waals surface area contributed by atoms with Crippen molar-refractivity contribution in [2.75, 3.05) is 5.32 Å². The molecule has 0 fully saturated rings. The minimum atomic E-state index is -0.222. The summed E-state index contributed by atoms with van der Waals surface area (Å²) in [5.41, 5.74) is 3.12. The molecule has 6 nitrogen and oxygen atoms in total. The van der Waals surface area contributed by atoms with Gasteiger partial charge in [0.25, 0.3) is 5.91 Å². The predicted octanol–water partition coefficient (Wildman–Crippen LogP) is 5.95. The van der Waals surface area contributed by atoms with Crippen LogP contribution < -0.4 is 5.32 Å². The molecule has 0 unspecified atom stereocenters. The standard InChI is InChI=1S/C22H21BrN5OS/c1-2-3-4-8-11-28-21-17(20(27-28)26-22(29)16-13-24-30-14-16)12-18(23)19(25-21)15-9-6-5-7-10-15/h6-7,9-10,12-14H,2-4,8,11H2,1H3,(H,26,27,29). The maximum Gasteiger partial charge on any atom is 0.259 e. The first-order valence-corrected chi connectivity index (χ1v) is 11.5. The molecule has 3 aromatic heterocycles. The maximum atomic E-state index is 12.6. The van der Waals surface area contributed by atoms with Gasteiger partial charge in [-0.15, -0.1) is 0 Å². The van der Waals surface area contributed by atoms with Crippen LogP contribution >= 0.6 is 27.5 Å². The Balaban J connectivity index is 1.74. The highest BCUT2D eigenvalue weighted by molar-refractivity contribution is 9.10. The number of hydrogen-bond acceptors (Lipinski definition) is 5. The third-order valence-electron chi connectivity index (χ3n) is 4.82. The van der Waals surface area contributed by atoms with Gasteiger partial charge in [0.05, 0.1) is 22.8 Å². The van der Waals surface area contributed by atoms with Gasteiger partial charge in [0.1, 0.15) is 0 Å². The smallest absolute Gasteiger partial charge is 0.259 e. The van der Waals surface area contributed by atoms with E-state index in [0.29, 0.717) is 11.4 Å². The summed E-state index contributed by atoms with van der Waals surface area (Å²) >= 11 is 4.89. The number of amides is 1. The van der Waals surface area contributed by atoms with Crippen molar-refractivity contribution in [2.45, 2.75) is 39.2 Å². The Morgan fingerprint density at radius 1 is 1.27 bits per heavy atom. The first kappa shape index (κ1) is 20.7. The average molecular weight is 483 g/mol. The van der Waals surface area contributed by atoms with Crippen LogP contribution in [0.1, 0.15) is 43.0 Å². The summed E-state index contributed by atoms with van der Waals surface area (Å²) in [6.07, 6.45) is 6.08. The molecule has 0 saturated carbocycles. The second-order valence-electron chi connectivity index (χ2n) is 6.98. The molecular weight excluding hydrogens is 462 g/mol. The van der Waals surface area contributed by atoms with Crippen LogP contribution in [0.2, 0.25) is 0 Å². The van der Waals surface area contributed by atoms with Crippen LogP contribution in [-0.4, -0.2) is 25.0 Å². The Kier molecular flexibility index (Phi) is 6.54. The second-order valence-corrected chi connectivity index (χ2v) is 8.49. The summed E-state index contributed by atoms with van der Waals surface area (Å²) in [6, 6.07) is 12.7. The van der Waals surface area contributed by atoms with Crippen LogP contribution in [0.4, 0.5) is 5.82 Å². The lowest BCUT2D eigenvalue weighted by atomic mass is 10.1. The van der Waals surface area contributed by atoms with Gasteiger partial charge in [-0.25, -0.2) is 14.0 Å². The number of nitrogens with zero attached hydrogens (tertiary/aromatic N) is 4. The molecule has 1 radical (unpaired) electrons. The van der Waals surface area contributed by atoms with E-state index in [1.165, 1.54) is 24.4 Å². The molecule has 0 saturated heterocycles. The normalized spacial score (nSPS) is 11.1. The zero-order valence-corrected chi connectivity index (χ0v) is 19.0. The zero-order valence-electron chi connectivity index (χ0n) is 16.6. The van der Waals surface area contributed by atoms with Crippen molar-refractivity contribution in [1.82, 2.24) is 19.1 Å². The van der Waals surface area contributed by atoms with Crippen molar-refractivity contribution in [1.29, 1.82) is 0 Å². The molecule has 1 amide bonds. The molecule has 0 spiro atoms. The topological polar surface area (TPSA) is 72.7 Å². The summed E-state index contributed by atoms with van der Waals surface area (Å²) in [7, 11) is 0. The molecule has 30 heavy (non-hydrogen) atoms. The monoisotopic (exact) mass is 482 g/mol. The van der Waals surface area contributed by atoms with Gasteiger partial charge in [-0.1, -0.05) is 50.5 Å². The van der Waals surface area contributed by atoms with Gasteiger partial charge < -0.3 is 5.32 Å². The summed E-state index contributed by atoms with van der Waals surface area (Å²) < 4.78 is 6.75. The molecule has 4 rings (SSSR count). The minimum absolute atomic E-state index is 0.222. The molecule has 0 bridgehead atoms. The SMILES string of the molecule is CCCCCCn1nc(NC(=O)c2cnsc2)c2cc(Br)c(-c3cc[c]cc3)nc21. The van der Waals surface area contributed by atoms with E-state index < -0.39 is 0 Å². The van der Waals surface area contributed by atoms with E-state index in [0.717, 1.165) is 46.1 Å². The number of halogens is 1. The fourth-order valence-corrected chi connectivity index (χ4v) is 4.32. The zero-order chi connectivity index (χ0) is 20.9. The Hall–Kier alpha value is -2.58. The van der Waals surface area contributed by atoms with E-state index in [1.807, 2.05) is 35.0 Å². The van der Waals surface area contributed by atoms with Crippen molar-refractivity contribution in [3.63, 3.8) is 0 Å². The Labute approximate surface area is 187 Å². The van der Waals surface area contributed by atoms with Crippen LogP contribution in [0.5, 0.6) is 0 Å². The van der Waals surface area contributed by atoms with E-state index in [-0.39, 0.29) is 5.91 Å². The maximum absolute atomic E-state index is 12.6. The fraction of sp³-hybridized carbons (Fsp3) is 0.273. The number of rotatable bonds is 8. The lowest BCUT2D eigenvalue weighted by Crippen LogP contribution is -2.12. The van der Waals surface area contributed by atoms with Gasteiger partial charge in [0.2, 0.25) is 0 Å². The highest BCUT2D eigenvalue weighted by Crippen LogP contribution is 2.33. The van der Waals surface area contributed by atoms with E-state index in [9.17, 15) is 4.79 Å². The minimum Gasteiger partial charge on any atom is -0.304 e. The molecule has 1 aromatic carbocycles. The van der Waals surface area contributed by atoms with Crippen LogP contribution in [0.15, 0.2) is 46.4 Å². The first-order valence-electron chi connectivity index (χ1n) is 9.91. The van der Waals surface area contributed by atoms with Crippen molar-refractivity contribution >= 4 is 50.2 Å². The van der Waals surface area contributed by atoms with Gasteiger partial charge in [-0.2, -0.15) is 5.10 Å². The molecule has 0 aliphatic carbocycles. The summed E-state index contributed by atoms with van der Waals surface area (Å²) in [4.78, 5) is 17.5. The van der Waals surface area contributed by atoms with Gasteiger partial charge >= 0.3 is 0 Å². The number of unbranched alkanes of at least 4 members (excludes halogenated alkanes) is 3. The number of hydrogen-bond donors (Lipinski definition) is 1. The largest absolute Gasteiger partial charge is 0.304 e. The van der Waals surface area contributed by atoms with Crippen molar-refractivity contribution in [3.05, 3.63) is 58.0 Å². The quantitative estimate of drug-likeness (QED) is 0.315. The van der Waals surface area contributed by atoms with Gasteiger partial charge in [-0.3, -0.25) is 4.79 Å². The van der Waals surface area contributed by atoms with Crippen LogP contribution in [0, 0.1) is 6.07 Å². The molecular formula is C22H21BrN5OS. The third-order valence-corrected chi connectivity index (χ3v) is 6.01. The van der Waals surface area contributed by atoms with Gasteiger partial charge in [0.15, 0.2) is 11.5 Å². The number of fused-ring (bicyclic) bond motifs is 1. The van der Waals surface area contributed by atoms with Gasteiger partial charge in [-0.05, 0) is 46.0 Å². The van der Waals surface area contributed by atoms with Crippen LogP contribution in [0.25, 0.3) is 22.3 Å². The fourth-order valence-electron chi connectivity index (χ4n) is 3.25. The highest BCUT2D eigenvalue weighted by Gasteiger charge is 2.18. The number of carbonyl (C=O) groups excluding carboxylic acids is 1. The highest BCUT2D eigenvalue weighted by atomic mass is 79.9. The van der Waals surface area contributed by atoms with Crippen molar-refractivity contribution in [2.24, 2.45) is 0 Å². The number of pyridine rings is 1. The Morgan fingerprint density at radius 3 is 2.83 bits per heavy atom. The van der Waals surface area contributed by atoms with Crippen LogP contribution in [-0.2, 0) is 6.54 Å². The number of benzene rings is 1. The molecule has 4 aromatic rings. The Morgan fingerprint density at radius 2 is 2.10 bits per heavy atom. The number of aryl methyl sites for hydroxylation is 1. The van der Waals surface area contributed by atoms with E-state index >= 15 is 0 Å². The lowest BCUT2D eigenvalue weighted by molar-refractivity contribution is 0.102. The number of anilines is 1. The number of nitrogens with one attached hydrogen (secondary N) is 1. The lowest BCUT2D eigenvalue weighted by Gasteiger charge is -2.07. The summed E-state index contributed by atoms with van der Waals surface area (Å²) in [5.74, 6) is 0.290. The molecule has 0 aliphatic heterocycles. The van der Waals surface area contributed by atoms with Gasteiger partial charge in [0, 0.05) is 22.0 Å². The van der Waals surface area contributed by atoms with Crippen molar-refractivity contribution < 1.29 is 4.79 Å². The van der Waals surface area contributed by atoms with E-state index in [2.05, 4.69) is 38.6 Å². The van der Waals surface area contributed by atoms with E-state index in [1.54, 1.807) is 11.6 Å². The van der Waals surface area contributed by atoms with E-state index in [4.69, 9.17) is 10.1 Å². The number of carbonyl (C=O) groups is 1. The predicted molar refractivity (Wildman–Crippen MR) is 124 cm³/mol. The molecule has 3 heterocycles. The molecule has 0 atom stereocenters. The summed E-state index contributed by atoms with van der Waals surface area (Å²) in [5, 5.41) is 10.1. The third kappa shape index (κ3) is 4.44. The molecule has 0 aliphatic rings. The number of aromatic nitrogens is 4. The summed E-state index contributed by atoms with van der Waals surface area (Å²) in [6.45, 7) is 2.95. The van der Waals surface area contributed by atoms with Crippen LogP contribution in [0.3, 0.4) is 0 Å². The molecule has 1 N–H and O–H groups in total. The average Bonchev–Trinajstić information content (AvgIpc) is 3.40. The second kappa shape index (κ2) is 9.49. The molecule has 8 heteroatoms. The molecule has 153 valence electrons. The Bertz CT molecular complexity index is 1140. The first-order chi connectivity index (χ1) is 14.7.